The predicted molar refractivity (Wildman–Crippen MR) is 88.5 cm³/mol. The number of nitrogens with zero attached hydrogens (tertiary/aromatic N) is 5. The lowest BCUT2D eigenvalue weighted by Gasteiger charge is -2.41. The van der Waals surface area contributed by atoms with E-state index in [1.807, 2.05) is 23.7 Å². The van der Waals surface area contributed by atoms with Crippen molar-refractivity contribution in [1.29, 1.82) is 0 Å². The summed E-state index contributed by atoms with van der Waals surface area (Å²) in [6.07, 6.45) is 2.74. The Kier molecular flexibility index (Phi) is 4.03. The molecule has 0 amide bonds. The van der Waals surface area contributed by atoms with Crippen molar-refractivity contribution in [2.24, 2.45) is 11.1 Å². The van der Waals surface area contributed by atoms with Crippen LogP contribution in [0.25, 0.3) is 5.52 Å². The second-order valence-electron chi connectivity index (χ2n) is 6.20. The van der Waals surface area contributed by atoms with Gasteiger partial charge in [-0.15, -0.1) is 0 Å². The summed E-state index contributed by atoms with van der Waals surface area (Å²) in [5, 5.41) is 9.49. The lowest BCUT2D eigenvalue weighted by atomic mass is 9.96. The molecular weight excluding hydrogens is 316 g/mol. The average Bonchev–Trinajstić information content (AvgIpc) is 2.76. The molecule has 0 spiro atoms. The van der Waals surface area contributed by atoms with Crippen LogP contribution in [-0.4, -0.2) is 54.0 Å². The van der Waals surface area contributed by atoms with E-state index in [2.05, 4.69) is 21.9 Å². The fraction of sp³-hybridized carbons (Fsp3) is 0.571. The number of hydrogen-bond acceptors (Lipinski definition) is 5. The first kappa shape index (κ1) is 16.2. The number of nitrogens with two attached hydrogens (primary N) is 1. The van der Waals surface area contributed by atoms with E-state index in [1.54, 1.807) is 0 Å². The molecule has 1 fully saturated rings. The Balaban J connectivity index is 1.67. The van der Waals surface area contributed by atoms with Crippen molar-refractivity contribution in [3.8, 4) is 0 Å². The summed E-state index contributed by atoms with van der Waals surface area (Å²) in [6.45, 7) is 6.12. The van der Waals surface area contributed by atoms with Gasteiger partial charge in [0.25, 0.3) is 10.2 Å². The van der Waals surface area contributed by atoms with Crippen LogP contribution in [0.5, 0.6) is 0 Å². The summed E-state index contributed by atoms with van der Waals surface area (Å²) in [4.78, 5) is 6.81. The Labute approximate surface area is 136 Å². The standard InChI is InChI=1S/C14H22N6O2S/c1-10-4-7-20-13(10)14(16-11(2)17-20)19-8-12(9-19)5-6-18(3)23(15,21)22/h4,7,12H,5-6,8-9H2,1-3H3,(H2,15,21,22). The average molecular weight is 338 g/mol. The Bertz CT molecular complexity index is 825. The zero-order valence-electron chi connectivity index (χ0n) is 13.6. The second kappa shape index (κ2) is 5.73. The Hall–Kier alpha value is -1.71. The summed E-state index contributed by atoms with van der Waals surface area (Å²) in [7, 11) is -2.08. The molecule has 2 N–H and O–H groups in total. The highest BCUT2D eigenvalue weighted by molar-refractivity contribution is 7.86. The van der Waals surface area contributed by atoms with Crippen LogP contribution in [0.15, 0.2) is 12.3 Å². The summed E-state index contributed by atoms with van der Waals surface area (Å²) < 4.78 is 25.5. The van der Waals surface area contributed by atoms with Gasteiger partial charge in [-0.3, -0.25) is 0 Å². The van der Waals surface area contributed by atoms with E-state index < -0.39 is 10.2 Å². The molecule has 1 aliphatic heterocycles. The van der Waals surface area contributed by atoms with Gasteiger partial charge in [-0.05, 0) is 37.8 Å². The van der Waals surface area contributed by atoms with Gasteiger partial charge >= 0.3 is 0 Å². The zero-order valence-corrected chi connectivity index (χ0v) is 14.4. The number of anilines is 1. The minimum atomic E-state index is -3.59. The van der Waals surface area contributed by atoms with Crippen molar-refractivity contribution in [1.82, 2.24) is 18.9 Å². The number of aryl methyl sites for hydroxylation is 2. The molecule has 3 rings (SSSR count). The number of rotatable bonds is 5. The topological polar surface area (TPSA) is 96.8 Å². The maximum absolute atomic E-state index is 11.2. The number of hydrogen-bond donors (Lipinski definition) is 1. The van der Waals surface area contributed by atoms with Gasteiger partial charge in [0.15, 0.2) is 5.82 Å². The lowest BCUT2D eigenvalue weighted by molar-refractivity contribution is 0.343. The van der Waals surface area contributed by atoms with Gasteiger partial charge in [-0.2, -0.15) is 17.8 Å². The maximum atomic E-state index is 11.2. The van der Waals surface area contributed by atoms with Gasteiger partial charge in [0.1, 0.15) is 11.3 Å². The van der Waals surface area contributed by atoms with Gasteiger partial charge < -0.3 is 4.90 Å². The molecule has 0 aromatic carbocycles. The first-order chi connectivity index (χ1) is 10.8. The molecule has 1 aliphatic rings. The highest BCUT2D eigenvalue weighted by atomic mass is 32.2. The third-order valence-corrected chi connectivity index (χ3v) is 5.40. The maximum Gasteiger partial charge on any atom is 0.276 e. The highest BCUT2D eigenvalue weighted by Gasteiger charge is 2.30. The molecule has 0 aliphatic carbocycles. The Morgan fingerprint density at radius 2 is 2.09 bits per heavy atom. The van der Waals surface area contributed by atoms with Crippen LogP contribution in [0.1, 0.15) is 17.8 Å². The minimum absolute atomic E-state index is 0.444. The SMILES string of the molecule is Cc1nc(N2CC(CCN(C)S(N)(=O)=O)C2)c2c(C)ccn2n1. The smallest absolute Gasteiger partial charge is 0.276 e. The third-order valence-electron chi connectivity index (χ3n) is 4.34. The molecule has 0 radical (unpaired) electrons. The quantitative estimate of drug-likeness (QED) is 0.846. The third kappa shape index (κ3) is 3.17. The molecule has 0 atom stereocenters. The largest absolute Gasteiger partial charge is 0.354 e. The molecule has 9 heteroatoms. The van der Waals surface area contributed by atoms with E-state index >= 15 is 0 Å². The molecule has 0 bridgehead atoms. The summed E-state index contributed by atoms with van der Waals surface area (Å²) in [5.74, 6) is 2.14. The van der Waals surface area contributed by atoms with E-state index in [0.717, 1.165) is 42.2 Å². The van der Waals surface area contributed by atoms with Crippen molar-refractivity contribution in [3.63, 3.8) is 0 Å². The van der Waals surface area contributed by atoms with Gasteiger partial charge in [0.05, 0.1) is 0 Å². The van der Waals surface area contributed by atoms with Crippen LogP contribution in [0.4, 0.5) is 5.82 Å². The fourth-order valence-corrected chi connectivity index (χ4v) is 3.26. The first-order valence-corrected chi connectivity index (χ1v) is 9.07. The second-order valence-corrected chi connectivity index (χ2v) is 7.85. The van der Waals surface area contributed by atoms with Crippen molar-refractivity contribution in [2.45, 2.75) is 20.3 Å². The monoisotopic (exact) mass is 338 g/mol. The molecule has 2 aromatic heterocycles. The van der Waals surface area contributed by atoms with E-state index in [1.165, 1.54) is 11.4 Å². The summed E-state index contributed by atoms with van der Waals surface area (Å²) >= 11 is 0. The van der Waals surface area contributed by atoms with E-state index in [9.17, 15) is 8.42 Å². The molecule has 126 valence electrons. The highest BCUT2D eigenvalue weighted by Crippen LogP contribution is 2.30. The van der Waals surface area contributed by atoms with Crippen molar-refractivity contribution in [3.05, 3.63) is 23.7 Å². The Morgan fingerprint density at radius 3 is 2.74 bits per heavy atom. The molecule has 0 unspecified atom stereocenters. The van der Waals surface area contributed by atoms with Crippen LogP contribution in [0.2, 0.25) is 0 Å². The van der Waals surface area contributed by atoms with Crippen LogP contribution in [-0.2, 0) is 10.2 Å². The molecule has 2 aromatic rings. The van der Waals surface area contributed by atoms with Crippen LogP contribution in [0.3, 0.4) is 0 Å². The first-order valence-electron chi connectivity index (χ1n) is 7.57. The number of fused-ring (bicyclic) bond motifs is 1. The van der Waals surface area contributed by atoms with Gasteiger partial charge in [-0.1, -0.05) is 0 Å². The van der Waals surface area contributed by atoms with E-state index in [4.69, 9.17) is 5.14 Å². The van der Waals surface area contributed by atoms with Crippen LogP contribution < -0.4 is 10.0 Å². The summed E-state index contributed by atoms with van der Waals surface area (Å²) in [6, 6.07) is 2.03. The molecule has 1 saturated heterocycles. The summed E-state index contributed by atoms with van der Waals surface area (Å²) in [5.41, 5.74) is 2.19. The lowest BCUT2D eigenvalue weighted by Crippen LogP contribution is -2.49. The van der Waals surface area contributed by atoms with Crippen molar-refractivity contribution in [2.75, 3.05) is 31.6 Å². The zero-order chi connectivity index (χ0) is 16.8. The minimum Gasteiger partial charge on any atom is -0.354 e. The molecule has 23 heavy (non-hydrogen) atoms. The van der Waals surface area contributed by atoms with E-state index in [0.29, 0.717) is 12.5 Å². The molecule has 0 saturated carbocycles. The molecule has 8 nitrogen and oxygen atoms in total. The Morgan fingerprint density at radius 1 is 1.39 bits per heavy atom. The van der Waals surface area contributed by atoms with Gasteiger partial charge in [0.2, 0.25) is 0 Å². The van der Waals surface area contributed by atoms with E-state index in [-0.39, 0.29) is 0 Å². The van der Waals surface area contributed by atoms with Gasteiger partial charge in [-0.25, -0.2) is 14.6 Å². The predicted octanol–water partition coefficient (Wildman–Crippen LogP) is 0.308. The van der Waals surface area contributed by atoms with Crippen LogP contribution in [0, 0.1) is 19.8 Å². The molecule has 3 heterocycles. The normalized spacial score (nSPS) is 16.3. The van der Waals surface area contributed by atoms with Gasteiger partial charge in [0, 0.05) is 32.9 Å². The number of aromatic nitrogens is 3. The van der Waals surface area contributed by atoms with Crippen molar-refractivity contribution < 1.29 is 8.42 Å². The van der Waals surface area contributed by atoms with Crippen LogP contribution >= 0.6 is 0 Å². The molecular formula is C14H22N6O2S. The van der Waals surface area contributed by atoms with Crippen molar-refractivity contribution >= 4 is 21.5 Å². The fourth-order valence-electron chi connectivity index (χ4n) is 2.90.